The minimum absolute atomic E-state index is 0.517. The first kappa shape index (κ1) is 11.6. The monoisotopic (exact) mass is 218 g/mol. The Bertz CT molecular complexity index is 334. The highest BCUT2D eigenvalue weighted by Gasteiger charge is 2.25. The summed E-state index contributed by atoms with van der Waals surface area (Å²) in [6.45, 7) is 4.16. The number of hydrogen-bond donors (Lipinski definition) is 1. The van der Waals surface area contributed by atoms with Gasteiger partial charge in [-0.2, -0.15) is 0 Å². The van der Waals surface area contributed by atoms with E-state index >= 15 is 0 Å². The van der Waals surface area contributed by atoms with Crippen molar-refractivity contribution in [1.82, 2.24) is 10.3 Å². The number of aromatic nitrogens is 1. The third-order valence-electron chi connectivity index (χ3n) is 3.65. The number of nitrogens with one attached hydrogen (secondary N) is 1. The molecule has 1 N–H and O–H groups in total. The maximum absolute atomic E-state index is 4.45. The molecule has 16 heavy (non-hydrogen) atoms. The van der Waals surface area contributed by atoms with Gasteiger partial charge in [0.05, 0.1) is 0 Å². The van der Waals surface area contributed by atoms with E-state index in [2.05, 4.69) is 43.3 Å². The summed E-state index contributed by atoms with van der Waals surface area (Å²) in [4.78, 5) is 4.45. The molecular formula is C14H22N2. The molecule has 0 amide bonds. The zero-order valence-electron chi connectivity index (χ0n) is 10.6. The van der Waals surface area contributed by atoms with Crippen molar-refractivity contribution in [2.45, 2.75) is 45.6 Å². The lowest BCUT2D eigenvalue weighted by Gasteiger charge is -2.24. The second-order valence-corrected chi connectivity index (χ2v) is 4.99. The Morgan fingerprint density at radius 1 is 1.19 bits per heavy atom. The van der Waals surface area contributed by atoms with E-state index in [9.17, 15) is 0 Å². The summed E-state index contributed by atoms with van der Waals surface area (Å²) in [6.07, 6.45) is 5.52. The third kappa shape index (κ3) is 2.43. The predicted molar refractivity (Wildman–Crippen MR) is 67.5 cm³/mol. The fourth-order valence-electron chi connectivity index (χ4n) is 3.01. The van der Waals surface area contributed by atoms with Gasteiger partial charge in [0.25, 0.3) is 0 Å². The van der Waals surface area contributed by atoms with Crippen molar-refractivity contribution in [3.63, 3.8) is 0 Å². The lowest BCUT2D eigenvalue weighted by molar-refractivity contribution is 0.390. The van der Waals surface area contributed by atoms with Crippen LogP contribution in [0.4, 0.5) is 0 Å². The Morgan fingerprint density at radius 2 is 1.75 bits per heavy atom. The molecule has 1 aromatic rings. The number of aryl methyl sites for hydroxylation is 2. The average Bonchev–Trinajstić information content (AvgIpc) is 2.70. The van der Waals surface area contributed by atoms with E-state index in [-0.39, 0.29) is 0 Å². The minimum atomic E-state index is 0.517. The van der Waals surface area contributed by atoms with Gasteiger partial charge in [-0.1, -0.05) is 12.8 Å². The van der Waals surface area contributed by atoms with Gasteiger partial charge in [0.2, 0.25) is 0 Å². The fraction of sp³-hybridized carbons (Fsp3) is 0.643. The second-order valence-electron chi connectivity index (χ2n) is 4.99. The van der Waals surface area contributed by atoms with Crippen LogP contribution in [0.15, 0.2) is 12.1 Å². The molecule has 1 aliphatic carbocycles. The molecule has 1 unspecified atom stereocenters. The number of rotatable bonds is 3. The van der Waals surface area contributed by atoms with Crippen LogP contribution in [0.25, 0.3) is 0 Å². The van der Waals surface area contributed by atoms with E-state index < -0.39 is 0 Å². The molecule has 1 aliphatic rings. The first-order chi connectivity index (χ1) is 7.70. The number of hydrogen-bond acceptors (Lipinski definition) is 2. The van der Waals surface area contributed by atoms with Gasteiger partial charge in [0.1, 0.15) is 0 Å². The van der Waals surface area contributed by atoms with Crippen LogP contribution in [0, 0.1) is 19.8 Å². The zero-order valence-corrected chi connectivity index (χ0v) is 10.6. The van der Waals surface area contributed by atoms with Crippen LogP contribution in [0.1, 0.15) is 48.7 Å². The zero-order chi connectivity index (χ0) is 11.5. The third-order valence-corrected chi connectivity index (χ3v) is 3.65. The van der Waals surface area contributed by atoms with E-state index in [1.54, 1.807) is 0 Å². The molecule has 2 nitrogen and oxygen atoms in total. The van der Waals surface area contributed by atoms with Crippen molar-refractivity contribution in [2.24, 2.45) is 5.92 Å². The highest BCUT2D eigenvalue weighted by molar-refractivity contribution is 5.24. The molecule has 88 valence electrons. The van der Waals surface area contributed by atoms with E-state index in [1.165, 1.54) is 31.2 Å². The largest absolute Gasteiger partial charge is 0.313 e. The highest BCUT2D eigenvalue weighted by Crippen LogP contribution is 2.35. The van der Waals surface area contributed by atoms with Crippen LogP contribution in [0.5, 0.6) is 0 Å². The van der Waals surface area contributed by atoms with Gasteiger partial charge in [-0.05, 0) is 57.4 Å². The molecule has 0 aromatic carbocycles. The van der Waals surface area contributed by atoms with Crippen molar-refractivity contribution < 1.29 is 0 Å². The van der Waals surface area contributed by atoms with Gasteiger partial charge >= 0.3 is 0 Å². The molecule has 0 saturated heterocycles. The van der Waals surface area contributed by atoms with Crippen molar-refractivity contribution in [3.8, 4) is 0 Å². The Kier molecular flexibility index (Phi) is 3.59. The Morgan fingerprint density at radius 3 is 2.25 bits per heavy atom. The smallest absolute Gasteiger partial charge is 0.0379 e. The maximum atomic E-state index is 4.45. The van der Waals surface area contributed by atoms with Crippen LogP contribution < -0.4 is 5.32 Å². The SMILES string of the molecule is CNC(c1cc(C)nc(C)c1)C1CCCC1. The van der Waals surface area contributed by atoms with E-state index in [0.717, 1.165) is 17.3 Å². The topological polar surface area (TPSA) is 24.9 Å². The molecule has 2 rings (SSSR count). The Balaban J connectivity index is 2.24. The molecule has 0 radical (unpaired) electrons. The van der Waals surface area contributed by atoms with Crippen LogP contribution in [-0.2, 0) is 0 Å². The summed E-state index contributed by atoms with van der Waals surface area (Å²) in [5.41, 5.74) is 3.68. The van der Waals surface area contributed by atoms with Crippen LogP contribution >= 0.6 is 0 Å². The quantitative estimate of drug-likeness (QED) is 0.843. The van der Waals surface area contributed by atoms with Crippen LogP contribution in [0.3, 0.4) is 0 Å². The highest BCUT2D eigenvalue weighted by atomic mass is 14.9. The van der Waals surface area contributed by atoms with Gasteiger partial charge in [-0.3, -0.25) is 4.98 Å². The fourth-order valence-corrected chi connectivity index (χ4v) is 3.01. The van der Waals surface area contributed by atoms with E-state index in [1.807, 2.05) is 0 Å². The number of pyridine rings is 1. The van der Waals surface area contributed by atoms with E-state index in [4.69, 9.17) is 0 Å². The molecular weight excluding hydrogens is 196 g/mol. The molecule has 1 heterocycles. The molecule has 0 spiro atoms. The van der Waals surface area contributed by atoms with Gasteiger partial charge in [0, 0.05) is 17.4 Å². The summed E-state index contributed by atoms with van der Waals surface area (Å²) in [5.74, 6) is 0.811. The van der Waals surface area contributed by atoms with Crippen molar-refractivity contribution >= 4 is 0 Å². The maximum Gasteiger partial charge on any atom is 0.0379 e. The molecule has 1 saturated carbocycles. The molecule has 1 fully saturated rings. The molecule has 0 aliphatic heterocycles. The molecule has 1 atom stereocenters. The lowest BCUT2D eigenvalue weighted by Crippen LogP contribution is -2.23. The summed E-state index contributed by atoms with van der Waals surface area (Å²) < 4.78 is 0. The second kappa shape index (κ2) is 4.96. The molecule has 0 bridgehead atoms. The van der Waals surface area contributed by atoms with Crippen molar-refractivity contribution in [3.05, 3.63) is 29.1 Å². The van der Waals surface area contributed by atoms with Gasteiger partial charge in [0.15, 0.2) is 0 Å². The Labute approximate surface area is 98.5 Å². The summed E-state index contributed by atoms with van der Waals surface area (Å²) >= 11 is 0. The van der Waals surface area contributed by atoms with Gasteiger partial charge in [-0.25, -0.2) is 0 Å². The van der Waals surface area contributed by atoms with Crippen molar-refractivity contribution in [2.75, 3.05) is 7.05 Å². The van der Waals surface area contributed by atoms with Gasteiger partial charge in [-0.15, -0.1) is 0 Å². The average molecular weight is 218 g/mol. The number of nitrogens with zero attached hydrogens (tertiary/aromatic N) is 1. The van der Waals surface area contributed by atoms with Crippen LogP contribution in [0.2, 0.25) is 0 Å². The predicted octanol–water partition coefficient (Wildman–Crippen LogP) is 3.15. The summed E-state index contributed by atoms with van der Waals surface area (Å²) in [6, 6.07) is 4.97. The Hall–Kier alpha value is -0.890. The standard InChI is InChI=1S/C14H22N2/c1-10-8-13(9-11(2)16-10)14(15-3)12-6-4-5-7-12/h8-9,12,14-15H,4-7H2,1-3H3. The van der Waals surface area contributed by atoms with Gasteiger partial charge < -0.3 is 5.32 Å². The first-order valence-electron chi connectivity index (χ1n) is 6.33. The minimum Gasteiger partial charge on any atom is -0.313 e. The van der Waals surface area contributed by atoms with Crippen molar-refractivity contribution in [1.29, 1.82) is 0 Å². The summed E-state index contributed by atoms with van der Waals surface area (Å²) in [5, 5.41) is 3.49. The first-order valence-corrected chi connectivity index (χ1v) is 6.33. The molecule has 2 heteroatoms. The van der Waals surface area contributed by atoms with Crippen LogP contribution in [-0.4, -0.2) is 12.0 Å². The van der Waals surface area contributed by atoms with E-state index in [0.29, 0.717) is 6.04 Å². The lowest BCUT2D eigenvalue weighted by atomic mass is 9.91. The normalized spacial score (nSPS) is 18.9. The summed E-state index contributed by atoms with van der Waals surface area (Å²) in [7, 11) is 2.08. The molecule has 1 aromatic heterocycles.